The Labute approximate surface area is 94.0 Å². The van der Waals surface area contributed by atoms with Gasteiger partial charge in [-0.05, 0) is 34.1 Å². The normalized spacial score (nSPS) is 10.6. The molecule has 2 aromatic rings. The first kappa shape index (κ1) is 10.1. The van der Waals surface area contributed by atoms with Gasteiger partial charge in [-0.2, -0.15) is 0 Å². The van der Waals surface area contributed by atoms with Crippen molar-refractivity contribution in [1.82, 2.24) is 15.0 Å². The van der Waals surface area contributed by atoms with Gasteiger partial charge in [0.05, 0.1) is 0 Å². The van der Waals surface area contributed by atoms with Crippen LogP contribution in [-0.2, 0) is 7.05 Å². The lowest BCUT2D eigenvalue weighted by Gasteiger charge is -2.04. The van der Waals surface area contributed by atoms with Gasteiger partial charge in [0.15, 0.2) is 4.60 Å². The summed E-state index contributed by atoms with van der Waals surface area (Å²) >= 11 is 3.21. The first-order valence-electron chi connectivity index (χ1n) is 4.20. The molecule has 1 heterocycles. The molecule has 2 N–H and O–H groups in total. The Hall–Kier alpha value is -1.43. The van der Waals surface area contributed by atoms with Crippen molar-refractivity contribution in [2.24, 2.45) is 7.05 Å². The molecule has 0 bridgehead atoms. The van der Waals surface area contributed by atoms with Crippen LogP contribution in [0.5, 0.6) is 0 Å². The zero-order valence-electron chi connectivity index (χ0n) is 7.91. The molecule has 0 amide bonds. The molecule has 0 atom stereocenters. The van der Waals surface area contributed by atoms with Gasteiger partial charge < -0.3 is 5.73 Å². The number of benzene rings is 1. The number of rotatable bonds is 1. The minimum Gasteiger partial charge on any atom is -0.399 e. The summed E-state index contributed by atoms with van der Waals surface area (Å²) in [6.07, 6.45) is 0. The third-order valence-corrected chi connectivity index (χ3v) is 2.57. The van der Waals surface area contributed by atoms with Crippen LogP contribution in [0.4, 0.5) is 10.1 Å². The van der Waals surface area contributed by atoms with Crippen LogP contribution in [-0.4, -0.2) is 15.0 Å². The lowest BCUT2D eigenvalue weighted by molar-refractivity contribution is 0.627. The first-order valence-corrected chi connectivity index (χ1v) is 4.99. The second kappa shape index (κ2) is 3.62. The Morgan fingerprint density at radius 3 is 2.80 bits per heavy atom. The van der Waals surface area contributed by atoms with Crippen molar-refractivity contribution in [2.45, 2.75) is 0 Å². The summed E-state index contributed by atoms with van der Waals surface area (Å²) in [7, 11) is 1.69. The maximum absolute atomic E-state index is 13.5. The van der Waals surface area contributed by atoms with Crippen LogP contribution >= 0.6 is 15.9 Å². The zero-order valence-corrected chi connectivity index (χ0v) is 9.49. The predicted molar refractivity (Wildman–Crippen MR) is 58.5 cm³/mol. The number of anilines is 1. The van der Waals surface area contributed by atoms with Crippen molar-refractivity contribution in [1.29, 1.82) is 0 Å². The van der Waals surface area contributed by atoms with Crippen LogP contribution in [0.15, 0.2) is 22.8 Å². The first-order chi connectivity index (χ1) is 7.09. The molecular weight excluding hydrogens is 263 g/mol. The van der Waals surface area contributed by atoms with E-state index >= 15 is 0 Å². The second-order valence-corrected chi connectivity index (χ2v) is 3.84. The van der Waals surface area contributed by atoms with Gasteiger partial charge in [0.1, 0.15) is 11.5 Å². The van der Waals surface area contributed by atoms with Crippen LogP contribution in [0.25, 0.3) is 11.3 Å². The number of aryl methyl sites for hydroxylation is 1. The van der Waals surface area contributed by atoms with E-state index in [-0.39, 0.29) is 5.82 Å². The van der Waals surface area contributed by atoms with E-state index in [0.29, 0.717) is 21.5 Å². The van der Waals surface area contributed by atoms with Gasteiger partial charge in [0, 0.05) is 18.3 Å². The van der Waals surface area contributed by atoms with E-state index in [1.807, 2.05) is 0 Å². The second-order valence-electron chi connectivity index (χ2n) is 3.09. The molecule has 2 rings (SSSR count). The summed E-state index contributed by atoms with van der Waals surface area (Å²) in [6, 6.07) is 4.39. The molecule has 0 fully saturated rings. The predicted octanol–water partition coefficient (Wildman–Crippen LogP) is 1.97. The summed E-state index contributed by atoms with van der Waals surface area (Å²) in [6.45, 7) is 0. The topological polar surface area (TPSA) is 56.7 Å². The van der Waals surface area contributed by atoms with Crippen LogP contribution < -0.4 is 5.73 Å². The Balaban J connectivity index is 2.68. The monoisotopic (exact) mass is 270 g/mol. The highest BCUT2D eigenvalue weighted by Crippen LogP contribution is 2.29. The summed E-state index contributed by atoms with van der Waals surface area (Å²) in [5.41, 5.74) is 7.05. The fourth-order valence-electron chi connectivity index (χ4n) is 1.34. The molecule has 1 aromatic heterocycles. The SMILES string of the molecule is Cn1nnc(Br)c1-c1cc(N)ccc1F. The van der Waals surface area contributed by atoms with E-state index in [0.717, 1.165) is 0 Å². The highest BCUT2D eigenvalue weighted by atomic mass is 79.9. The number of nitrogens with zero attached hydrogens (tertiary/aromatic N) is 3. The van der Waals surface area contributed by atoms with Crippen LogP contribution in [0, 0.1) is 5.82 Å². The molecule has 4 nitrogen and oxygen atoms in total. The maximum atomic E-state index is 13.5. The highest BCUT2D eigenvalue weighted by molar-refractivity contribution is 9.10. The third kappa shape index (κ3) is 1.72. The van der Waals surface area contributed by atoms with Crippen LogP contribution in [0.2, 0.25) is 0 Å². The average Bonchev–Trinajstić information content (AvgIpc) is 2.51. The molecule has 15 heavy (non-hydrogen) atoms. The molecule has 0 unspecified atom stereocenters. The average molecular weight is 271 g/mol. The standard InChI is InChI=1S/C9H8BrFN4/c1-15-8(9(10)13-14-15)6-4-5(12)2-3-7(6)11/h2-4H,12H2,1H3. The smallest absolute Gasteiger partial charge is 0.156 e. The van der Waals surface area contributed by atoms with E-state index in [9.17, 15) is 4.39 Å². The zero-order chi connectivity index (χ0) is 11.0. The Morgan fingerprint density at radius 2 is 2.20 bits per heavy atom. The van der Waals surface area contributed by atoms with Gasteiger partial charge in [0.25, 0.3) is 0 Å². The molecule has 6 heteroatoms. The van der Waals surface area contributed by atoms with Crippen molar-refractivity contribution in [3.63, 3.8) is 0 Å². The summed E-state index contributed by atoms with van der Waals surface area (Å²) in [5, 5.41) is 7.56. The molecule has 0 saturated heterocycles. The van der Waals surface area contributed by atoms with Gasteiger partial charge in [0.2, 0.25) is 0 Å². The lowest BCUT2D eigenvalue weighted by Crippen LogP contribution is -1.97. The molecule has 78 valence electrons. The molecule has 0 aliphatic rings. The fraction of sp³-hybridized carbons (Fsp3) is 0.111. The molecule has 0 radical (unpaired) electrons. The minimum atomic E-state index is -0.352. The largest absolute Gasteiger partial charge is 0.399 e. The van der Waals surface area contributed by atoms with Gasteiger partial charge >= 0.3 is 0 Å². The fourth-order valence-corrected chi connectivity index (χ4v) is 1.88. The van der Waals surface area contributed by atoms with Crippen molar-refractivity contribution in [3.8, 4) is 11.3 Å². The maximum Gasteiger partial charge on any atom is 0.156 e. The van der Waals surface area contributed by atoms with Gasteiger partial charge in [-0.25, -0.2) is 9.07 Å². The van der Waals surface area contributed by atoms with Gasteiger partial charge in [-0.1, -0.05) is 5.21 Å². The minimum absolute atomic E-state index is 0.352. The van der Waals surface area contributed by atoms with Crippen LogP contribution in [0.1, 0.15) is 0 Å². The van der Waals surface area contributed by atoms with E-state index in [2.05, 4.69) is 26.2 Å². The molecule has 0 aliphatic carbocycles. The number of hydrogen-bond donors (Lipinski definition) is 1. The molecule has 0 saturated carbocycles. The summed E-state index contributed by atoms with van der Waals surface area (Å²) in [5.74, 6) is -0.352. The van der Waals surface area contributed by atoms with Crippen molar-refractivity contribution in [3.05, 3.63) is 28.6 Å². The van der Waals surface area contributed by atoms with E-state index in [1.165, 1.54) is 16.8 Å². The lowest BCUT2D eigenvalue weighted by atomic mass is 10.1. The van der Waals surface area contributed by atoms with E-state index in [4.69, 9.17) is 5.73 Å². The number of hydrogen-bond acceptors (Lipinski definition) is 3. The number of nitrogens with two attached hydrogens (primary N) is 1. The summed E-state index contributed by atoms with van der Waals surface area (Å²) < 4.78 is 15.5. The molecular formula is C9H8BrFN4. The number of nitrogen functional groups attached to an aromatic ring is 1. The molecule has 0 spiro atoms. The van der Waals surface area contributed by atoms with Crippen molar-refractivity contribution < 1.29 is 4.39 Å². The summed E-state index contributed by atoms with van der Waals surface area (Å²) in [4.78, 5) is 0. The highest BCUT2D eigenvalue weighted by Gasteiger charge is 2.14. The Morgan fingerprint density at radius 1 is 1.47 bits per heavy atom. The van der Waals surface area contributed by atoms with E-state index < -0.39 is 0 Å². The molecule has 1 aromatic carbocycles. The molecule has 0 aliphatic heterocycles. The number of aromatic nitrogens is 3. The quantitative estimate of drug-likeness (QED) is 0.807. The van der Waals surface area contributed by atoms with E-state index in [1.54, 1.807) is 13.1 Å². The van der Waals surface area contributed by atoms with Crippen molar-refractivity contribution in [2.75, 3.05) is 5.73 Å². The third-order valence-electron chi connectivity index (χ3n) is 2.03. The van der Waals surface area contributed by atoms with Gasteiger partial charge in [-0.3, -0.25) is 0 Å². The Bertz CT molecular complexity index is 489. The van der Waals surface area contributed by atoms with Crippen molar-refractivity contribution >= 4 is 21.6 Å². The number of halogens is 2. The van der Waals surface area contributed by atoms with Crippen LogP contribution in [0.3, 0.4) is 0 Å². The Kier molecular flexibility index (Phi) is 2.44. The van der Waals surface area contributed by atoms with Gasteiger partial charge in [-0.15, -0.1) is 5.10 Å².